The number of phenolic OH excluding ortho intramolecular Hbond substituents is 2. The number of carboxylic acids is 2. The number of carbonyl (C=O) groups is 4. The number of aromatic carboxylic acids is 2. The van der Waals surface area contributed by atoms with Crippen LogP contribution in [0, 0.1) is 0 Å². The number of methoxy groups -OCH3 is 2. The van der Waals surface area contributed by atoms with Crippen molar-refractivity contribution in [3.63, 3.8) is 0 Å². The molecule has 4 aromatic carbocycles. The Balaban J connectivity index is 1.45. The Labute approximate surface area is 298 Å². The van der Waals surface area contributed by atoms with Gasteiger partial charge < -0.3 is 40.5 Å². The van der Waals surface area contributed by atoms with E-state index in [0.29, 0.717) is 40.2 Å². The first-order valence-electron chi connectivity index (χ1n) is 13.9. The number of hydrogen-bond acceptors (Lipinski definition) is 9. The Bertz CT molecular complexity index is 2110. The van der Waals surface area contributed by atoms with Gasteiger partial charge in [-0.1, -0.05) is 0 Å². The summed E-state index contributed by atoms with van der Waals surface area (Å²) in [4.78, 5) is 50.1. The minimum atomic E-state index is -1.32. The number of amides is 2. The van der Waals surface area contributed by atoms with Gasteiger partial charge in [-0.05, 0) is 104 Å². The molecule has 0 aliphatic carbocycles. The number of ether oxygens (including phenoxy) is 2. The minimum Gasteiger partial charge on any atom is -0.503 e. The standard InChI is InChI=1S/C34H24Br2N2O10S/c1-47-25-9-15(7-21(35)31(25)41)3-5-29(39)37-23-13-27-17(11-19(23)33(43)44)18-12-20(34(45)46)24(14-28(18)49-27)38-30(40)6-4-16-8-22(36)32(42)26(10-16)48-2/h3-14,41-42H,1-2H3,(H,37,39)(H,38,40)(H,43,44)(H,45,46). The summed E-state index contributed by atoms with van der Waals surface area (Å²) in [5.74, 6) is -3.73. The number of phenols is 2. The maximum Gasteiger partial charge on any atom is 0.337 e. The SMILES string of the molecule is COc1cc(C=CC(=O)Nc2cc3sc4cc(NC(=O)C=Cc5cc(Br)c(O)c(OC)c5)c(C(=O)O)cc4c3cc2C(=O)O)cc(Br)c1O. The molecule has 0 fully saturated rings. The second-order valence-corrected chi connectivity index (χ2v) is 13.0. The van der Waals surface area contributed by atoms with E-state index in [1.807, 2.05) is 0 Å². The number of hydrogen-bond donors (Lipinski definition) is 6. The topological polar surface area (TPSA) is 192 Å². The average molecular weight is 812 g/mol. The third kappa shape index (κ3) is 7.53. The van der Waals surface area contributed by atoms with Crippen LogP contribution in [-0.4, -0.2) is 58.4 Å². The first-order valence-corrected chi connectivity index (χ1v) is 16.3. The van der Waals surface area contributed by atoms with Crippen molar-refractivity contribution in [1.82, 2.24) is 0 Å². The molecule has 1 aromatic heterocycles. The third-order valence-corrected chi connectivity index (χ3v) is 9.45. The molecule has 12 nitrogen and oxygen atoms in total. The van der Waals surface area contributed by atoms with Crippen LogP contribution in [0.15, 0.2) is 69.6 Å². The highest BCUT2D eigenvalue weighted by Gasteiger charge is 2.20. The summed E-state index contributed by atoms with van der Waals surface area (Å²) in [7, 11) is 2.77. The first-order chi connectivity index (χ1) is 23.3. The monoisotopic (exact) mass is 810 g/mol. The fraction of sp³-hybridized carbons (Fsp3) is 0.0588. The van der Waals surface area contributed by atoms with Gasteiger partial charge in [0.05, 0.1) is 45.7 Å². The van der Waals surface area contributed by atoms with Crippen LogP contribution in [-0.2, 0) is 9.59 Å². The molecule has 0 aliphatic rings. The molecule has 2 amide bonds. The number of thiophene rings is 1. The molecule has 5 rings (SSSR count). The van der Waals surface area contributed by atoms with Crippen LogP contribution in [0.5, 0.6) is 23.0 Å². The van der Waals surface area contributed by atoms with Gasteiger partial charge in [-0.2, -0.15) is 0 Å². The number of carbonyl (C=O) groups excluding carboxylic acids is 2. The number of carboxylic acid groups (broad SMARTS) is 2. The van der Waals surface area contributed by atoms with Gasteiger partial charge in [0.15, 0.2) is 23.0 Å². The van der Waals surface area contributed by atoms with Crippen molar-refractivity contribution in [2.24, 2.45) is 0 Å². The molecule has 0 aliphatic heterocycles. The predicted molar refractivity (Wildman–Crippen MR) is 193 cm³/mol. The molecular formula is C34H24Br2N2O10S. The van der Waals surface area contributed by atoms with Crippen LogP contribution in [0.3, 0.4) is 0 Å². The van der Waals surface area contributed by atoms with E-state index in [2.05, 4.69) is 42.5 Å². The normalized spacial score (nSPS) is 11.3. The molecule has 0 atom stereocenters. The van der Waals surface area contributed by atoms with Gasteiger partial charge in [-0.3, -0.25) is 9.59 Å². The van der Waals surface area contributed by atoms with Crippen molar-refractivity contribution < 1.29 is 49.1 Å². The fourth-order valence-electron chi connectivity index (χ4n) is 4.81. The molecule has 1 heterocycles. The zero-order valence-electron chi connectivity index (χ0n) is 25.3. The van der Waals surface area contributed by atoms with Crippen molar-refractivity contribution in [3.8, 4) is 23.0 Å². The quantitative estimate of drug-likeness (QED) is 0.0762. The van der Waals surface area contributed by atoms with E-state index in [4.69, 9.17) is 9.47 Å². The van der Waals surface area contributed by atoms with Crippen molar-refractivity contribution in [2.75, 3.05) is 24.9 Å². The van der Waals surface area contributed by atoms with E-state index in [9.17, 15) is 39.6 Å². The summed E-state index contributed by atoms with van der Waals surface area (Å²) in [5, 5.41) is 46.0. The maximum absolute atomic E-state index is 12.8. The Kier molecular flexibility index (Phi) is 10.3. The summed E-state index contributed by atoms with van der Waals surface area (Å²) >= 11 is 7.64. The van der Waals surface area contributed by atoms with Crippen molar-refractivity contribution in [3.05, 3.63) is 91.9 Å². The van der Waals surface area contributed by atoms with Gasteiger partial charge in [0.1, 0.15) is 0 Å². The molecule has 15 heteroatoms. The van der Waals surface area contributed by atoms with Crippen molar-refractivity contribution in [2.45, 2.75) is 0 Å². The highest BCUT2D eigenvalue weighted by molar-refractivity contribution is 9.11. The second kappa shape index (κ2) is 14.4. The minimum absolute atomic E-state index is 0.0142. The Morgan fingerprint density at radius 1 is 0.653 bits per heavy atom. The Morgan fingerprint density at radius 3 is 1.39 bits per heavy atom. The Hall–Kier alpha value is -5.38. The molecule has 0 unspecified atom stereocenters. The molecule has 250 valence electrons. The molecule has 0 spiro atoms. The number of halogens is 2. The first kappa shape index (κ1) is 34.9. The zero-order valence-corrected chi connectivity index (χ0v) is 29.3. The molecular weight excluding hydrogens is 788 g/mol. The van der Waals surface area contributed by atoms with Gasteiger partial charge >= 0.3 is 11.9 Å². The van der Waals surface area contributed by atoms with E-state index < -0.39 is 23.8 Å². The summed E-state index contributed by atoms with van der Waals surface area (Å²) in [6.45, 7) is 0. The van der Waals surface area contributed by atoms with E-state index in [0.717, 1.165) is 0 Å². The van der Waals surface area contributed by atoms with Crippen molar-refractivity contribution in [1.29, 1.82) is 0 Å². The predicted octanol–water partition coefficient (Wildman–Crippen LogP) is 7.71. The lowest BCUT2D eigenvalue weighted by Gasteiger charge is -2.09. The molecule has 5 aromatic rings. The summed E-state index contributed by atoms with van der Waals surface area (Å²) < 4.78 is 12.0. The largest absolute Gasteiger partial charge is 0.503 e. The van der Waals surface area contributed by atoms with Crippen LogP contribution in [0.1, 0.15) is 31.8 Å². The fourth-order valence-corrected chi connectivity index (χ4v) is 6.88. The highest BCUT2D eigenvalue weighted by Crippen LogP contribution is 2.40. The van der Waals surface area contributed by atoms with Gasteiger partial charge in [0.2, 0.25) is 11.8 Å². The average Bonchev–Trinajstić information content (AvgIpc) is 3.40. The number of aromatic hydroxyl groups is 2. The molecule has 0 bridgehead atoms. The van der Waals surface area contributed by atoms with Crippen molar-refractivity contribution >= 4 is 111 Å². The van der Waals surface area contributed by atoms with E-state index in [1.54, 1.807) is 12.1 Å². The summed E-state index contributed by atoms with van der Waals surface area (Å²) in [5.41, 5.74) is 0.632. The van der Waals surface area contributed by atoms with E-state index in [-0.39, 0.29) is 45.5 Å². The second-order valence-electron chi connectivity index (χ2n) is 10.3. The number of anilines is 2. The molecule has 6 N–H and O–H groups in total. The van der Waals surface area contributed by atoms with Gasteiger partial charge in [-0.15, -0.1) is 11.3 Å². The van der Waals surface area contributed by atoms with E-state index >= 15 is 0 Å². The smallest absolute Gasteiger partial charge is 0.337 e. The van der Waals surface area contributed by atoms with Crippen LogP contribution >= 0.6 is 43.2 Å². The number of benzene rings is 4. The highest BCUT2D eigenvalue weighted by atomic mass is 79.9. The molecule has 0 radical (unpaired) electrons. The molecule has 0 saturated carbocycles. The lowest BCUT2D eigenvalue weighted by atomic mass is 10.0. The summed E-state index contributed by atoms with van der Waals surface area (Å²) in [6, 6.07) is 11.8. The Morgan fingerprint density at radius 2 is 1.04 bits per heavy atom. The van der Waals surface area contributed by atoms with Crippen LogP contribution in [0.2, 0.25) is 0 Å². The van der Waals surface area contributed by atoms with Crippen LogP contribution in [0.25, 0.3) is 32.3 Å². The van der Waals surface area contributed by atoms with Gasteiger partial charge in [-0.25, -0.2) is 9.59 Å². The maximum atomic E-state index is 12.8. The lowest BCUT2D eigenvalue weighted by molar-refractivity contribution is -0.112. The third-order valence-electron chi connectivity index (χ3n) is 7.12. The van der Waals surface area contributed by atoms with E-state index in [1.165, 1.54) is 86.3 Å². The molecule has 49 heavy (non-hydrogen) atoms. The summed E-state index contributed by atoms with van der Waals surface area (Å²) in [6.07, 6.45) is 5.30. The number of fused-ring (bicyclic) bond motifs is 3. The van der Waals surface area contributed by atoms with Crippen LogP contribution < -0.4 is 20.1 Å². The van der Waals surface area contributed by atoms with Gasteiger partial charge in [0, 0.05) is 32.3 Å². The number of nitrogens with one attached hydrogen (secondary N) is 2. The number of rotatable bonds is 10. The molecule has 0 saturated heterocycles. The van der Waals surface area contributed by atoms with Crippen LogP contribution in [0.4, 0.5) is 11.4 Å². The zero-order chi connectivity index (χ0) is 35.6. The van der Waals surface area contributed by atoms with Gasteiger partial charge in [0.25, 0.3) is 0 Å². The lowest BCUT2D eigenvalue weighted by Crippen LogP contribution is -2.12.